The van der Waals surface area contributed by atoms with Gasteiger partial charge in [-0.3, -0.25) is 0 Å². The molecule has 1 heterocycles. The molecule has 0 aliphatic rings. The minimum Gasteiger partial charge on any atom is -0.309 e. The lowest BCUT2D eigenvalue weighted by Crippen LogP contribution is -2.21. The minimum absolute atomic E-state index is 0.0916. The highest BCUT2D eigenvalue weighted by atomic mass is 16.1. The van der Waals surface area contributed by atoms with Crippen LogP contribution in [0.15, 0.2) is 41.2 Å². The van der Waals surface area contributed by atoms with E-state index in [2.05, 4.69) is 30.7 Å². The van der Waals surface area contributed by atoms with Crippen LogP contribution in [0.25, 0.3) is 11.3 Å². The van der Waals surface area contributed by atoms with Crippen LogP contribution in [0.3, 0.4) is 0 Å². The van der Waals surface area contributed by atoms with Crippen molar-refractivity contribution in [2.75, 3.05) is 0 Å². The van der Waals surface area contributed by atoms with Crippen molar-refractivity contribution >= 4 is 0 Å². The highest BCUT2D eigenvalue weighted by Gasteiger charge is 2.16. The Hall–Kier alpha value is -1.90. The highest BCUT2D eigenvalue weighted by molar-refractivity contribution is 5.58. The third kappa shape index (κ3) is 2.61. The minimum atomic E-state index is -0.295. The quantitative estimate of drug-likeness (QED) is 0.815. The van der Waals surface area contributed by atoms with E-state index in [9.17, 15) is 4.79 Å². The van der Waals surface area contributed by atoms with E-state index in [0.717, 1.165) is 17.0 Å². The van der Waals surface area contributed by atoms with Crippen LogP contribution in [-0.2, 0) is 5.41 Å². The lowest BCUT2D eigenvalue weighted by atomic mass is 9.91. The second kappa shape index (κ2) is 4.17. The van der Waals surface area contributed by atoms with E-state index in [1.807, 2.05) is 36.4 Å². The standard InChI is InChI=1S/C14H16N2O/c1-14(2,3)12-9-11(15-13(17)16-12)10-7-5-4-6-8-10/h4-9H,1-3H3,(H,15,16,17). The SMILES string of the molecule is CC(C)(C)c1cc(-c2ccccc2)nc(=O)[nH]1. The molecule has 0 saturated heterocycles. The van der Waals surface area contributed by atoms with Gasteiger partial charge >= 0.3 is 5.69 Å². The molecule has 2 rings (SSSR count). The summed E-state index contributed by atoms with van der Waals surface area (Å²) in [5.74, 6) is 0. The predicted octanol–water partition coefficient (Wildman–Crippen LogP) is 2.73. The number of aromatic amines is 1. The Morgan fingerprint density at radius 2 is 1.76 bits per heavy atom. The number of H-pyrrole nitrogens is 1. The van der Waals surface area contributed by atoms with Gasteiger partial charge in [-0.25, -0.2) is 4.79 Å². The Morgan fingerprint density at radius 1 is 1.12 bits per heavy atom. The van der Waals surface area contributed by atoms with Crippen LogP contribution >= 0.6 is 0 Å². The summed E-state index contributed by atoms with van der Waals surface area (Å²) in [6, 6.07) is 11.7. The molecular weight excluding hydrogens is 212 g/mol. The molecule has 1 aromatic heterocycles. The maximum absolute atomic E-state index is 11.6. The van der Waals surface area contributed by atoms with E-state index in [1.165, 1.54) is 0 Å². The fourth-order valence-electron chi connectivity index (χ4n) is 1.62. The lowest BCUT2D eigenvalue weighted by molar-refractivity contribution is 0.564. The third-order valence-electron chi connectivity index (χ3n) is 2.62. The molecule has 0 aliphatic heterocycles. The first-order chi connectivity index (χ1) is 7.97. The van der Waals surface area contributed by atoms with Gasteiger partial charge < -0.3 is 4.98 Å². The first kappa shape index (κ1) is 11.6. The van der Waals surface area contributed by atoms with Crippen molar-refractivity contribution in [3.63, 3.8) is 0 Å². The molecule has 0 fully saturated rings. The molecule has 1 aromatic carbocycles. The van der Waals surface area contributed by atoms with Crippen molar-refractivity contribution in [1.82, 2.24) is 9.97 Å². The van der Waals surface area contributed by atoms with E-state index in [4.69, 9.17) is 0 Å². The topological polar surface area (TPSA) is 45.8 Å². The lowest BCUT2D eigenvalue weighted by Gasteiger charge is -2.18. The zero-order chi connectivity index (χ0) is 12.5. The molecule has 3 nitrogen and oxygen atoms in total. The van der Waals surface area contributed by atoms with Gasteiger partial charge in [-0.1, -0.05) is 51.1 Å². The monoisotopic (exact) mass is 228 g/mol. The van der Waals surface area contributed by atoms with Crippen LogP contribution in [0.5, 0.6) is 0 Å². The van der Waals surface area contributed by atoms with Crippen LogP contribution in [0, 0.1) is 0 Å². The number of rotatable bonds is 1. The molecule has 17 heavy (non-hydrogen) atoms. The second-order valence-electron chi connectivity index (χ2n) is 5.10. The van der Waals surface area contributed by atoms with Crippen molar-refractivity contribution in [2.45, 2.75) is 26.2 Å². The maximum atomic E-state index is 11.6. The highest BCUT2D eigenvalue weighted by Crippen LogP contribution is 2.22. The molecule has 0 bridgehead atoms. The van der Waals surface area contributed by atoms with Gasteiger partial charge in [0, 0.05) is 16.7 Å². The molecule has 0 saturated carbocycles. The van der Waals surface area contributed by atoms with E-state index < -0.39 is 0 Å². The van der Waals surface area contributed by atoms with Crippen LogP contribution in [-0.4, -0.2) is 9.97 Å². The average molecular weight is 228 g/mol. The number of benzene rings is 1. The van der Waals surface area contributed by atoms with Crippen molar-refractivity contribution in [1.29, 1.82) is 0 Å². The molecule has 88 valence electrons. The summed E-state index contributed by atoms with van der Waals surface area (Å²) < 4.78 is 0. The zero-order valence-electron chi connectivity index (χ0n) is 10.3. The van der Waals surface area contributed by atoms with Crippen LogP contribution in [0.2, 0.25) is 0 Å². The maximum Gasteiger partial charge on any atom is 0.345 e. The fraction of sp³-hybridized carbons (Fsp3) is 0.286. The molecule has 0 aliphatic carbocycles. The zero-order valence-corrected chi connectivity index (χ0v) is 10.3. The molecule has 0 radical (unpaired) electrons. The Bertz CT molecular complexity index is 565. The number of nitrogens with zero attached hydrogens (tertiary/aromatic N) is 1. The van der Waals surface area contributed by atoms with Gasteiger partial charge in [-0.15, -0.1) is 0 Å². The summed E-state index contributed by atoms with van der Waals surface area (Å²) in [7, 11) is 0. The number of nitrogens with one attached hydrogen (secondary N) is 1. The van der Waals surface area contributed by atoms with Crippen LogP contribution < -0.4 is 5.69 Å². The largest absolute Gasteiger partial charge is 0.345 e. The first-order valence-corrected chi connectivity index (χ1v) is 5.64. The smallest absolute Gasteiger partial charge is 0.309 e. The van der Waals surface area contributed by atoms with Crippen molar-refractivity contribution in [2.24, 2.45) is 0 Å². The van der Waals surface area contributed by atoms with E-state index in [1.54, 1.807) is 0 Å². The Kier molecular flexibility index (Phi) is 2.84. The summed E-state index contributed by atoms with van der Waals surface area (Å²) in [6.45, 7) is 6.19. The van der Waals surface area contributed by atoms with Gasteiger partial charge in [0.2, 0.25) is 0 Å². The first-order valence-electron chi connectivity index (χ1n) is 5.64. The van der Waals surface area contributed by atoms with Crippen molar-refractivity contribution in [3.8, 4) is 11.3 Å². The Balaban J connectivity index is 2.58. The molecular formula is C14H16N2O. The fourth-order valence-corrected chi connectivity index (χ4v) is 1.62. The van der Waals surface area contributed by atoms with Crippen LogP contribution in [0.4, 0.5) is 0 Å². The molecule has 0 spiro atoms. The summed E-state index contributed by atoms with van der Waals surface area (Å²) in [4.78, 5) is 18.4. The van der Waals surface area contributed by atoms with E-state index in [-0.39, 0.29) is 11.1 Å². The number of hydrogen-bond donors (Lipinski definition) is 1. The van der Waals surface area contributed by atoms with Crippen molar-refractivity contribution in [3.05, 3.63) is 52.6 Å². The third-order valence-corrected chi connectivity index (χ3v) is 2.62. The molecule has 1 N–H and O–H groups in total. The summed E-state index contributed by atoms with van der Waals surface area (Å²) >= 11 is 0. The number of hydrogen-bond acceptors (Lipinski definition) is 2. The summed E-state index contributed by atoms with van der Waals surface area (Å²) in [5.41, 5.74) is 2.20. The molecule has 0 amide bonds. The molecule has 3 heteroatoms. The molecule has 2 aromatic rings. The van der Waals surface area contributed by atoms with Crippen LogP contribution in [0.1, 0.15) is 26.5 Å². The van der Waals surface area contributed by atoms with Gasteiger partial charge in [-0.2, -0.15) is 4.98 Å². The van der Waals surface area contributed by atoms with E-state index in [0.29, 0.717) is 0 Å². The summed E-state index contributed by atoms with van der Waals surface area (Å²) in [6.07, 6.45) is 0. The van der Waals surface area contributed by atoms with E-state index >= 15 is 0 Å². The van der Waals surface area contributed by atoms with Gasteiger partial charge in [0.25, 0.3) is 0 Å². The Morgan fingerprint density at radius 3 is 2.35 bits per heavy atom. The normalized spacial score (nSPS) is 11.5. The van der Waals surface area contributed by atoms with Gasteiger partial charge in [0.1, 0.15) is 0 Å². The van der Waals surface area contributed by atoms with Crippen molar-refractivity contribution < 1.29 is 0 Å². The second-order valence-corrected chi connectivity index (χ2v) is 5.10. The molecule has 0 unspecified atom stereocenters. The van der Waals surface area contributed by atoms with Gasteiger partial charge in [-0.05, 0) is 6.07 Å². The van der Waals surface area contributed by atoms with Gasteiger partial charge in [0.15, 0.2) is 0 Å². The predicted molar refractivity (Wildman–Crippen MR) is 69.0 cm³/mol. The summed E-state index contributed by atoms with van der Waals surface area (Å²) in [5, 5.41) is 0. The molecule has 0 atom stereocenters. The average Bonchev–Trinajstić information content (AvgIpc) is 2.28. The number of aromatic nitrogens is 2. The Labute approximate surface area is 101 Å². The van der Waals surface area contributed by atoms with Gasteiger partial charge in [0.05, 0.1) is 5.69 Å².